The quantitative estimate of drug-likeness (QED) is 0.771. The third-order valence-electron chi connectivity index (χ3n) is 2.52. The van der Waals surface area contributed by atoms with Gasteiger partial charge in [-0.15, -0.1) is 11.3 Å². The second-order valence-electron chi connectivity index (χ2n) is 3.82. The second kappa shape index (κ2) is 5.22. The number of halogens is 5. The van der Waals surface area contributed by atoms with Crippen LogP contribution in [0.4, 0.5) is 17.6 Å². The molecule has 1 aromatic heterocycles. The van der Waals surface area contributed by atoms with E-state index in [0.717, 1.165) is 9.85 Å². The van der Waals surface area contributed by atoms with E-state index in [4.69, 9.17) is 0 Å². The van der Waals surface area contributed by atoms with E-state index in [0.29, 0.717) is 17.7 Å². The van der Waals surface area contributed by atoms with E-state index in [2.05, 4.69) is 15.9 Å². The lowest BCUT2D eigenvalue weighted by Gasteiger charge is -2.13. The Balaban J connectivity index is 2.41. The molecule has 0 aliphatic carbocycles. The van der Waals surface area contributed by atoms with Crippen LogP contribution in [-0.2, 0) is 6.18 Å². The Labute approximate surface area is 118 Å². The molecular weight excluding hydrogens is 348 g/mol. The number of alkyl halides is 3. The maximum absolute atomic E-state index is 13.1. The van der Waals surface area contributed by atoms with Gasteiger partial charge in [-0.1, -0.05) is 6.07 Å². The number of aliphatic hydroxyl groups excluding tert-OH is 1. The summed E-state index contributed by atoms with van der Waals surface area (Å²) in [7, 11) is 0. The van der Waals surface area contributed by atoms with Crippen molar-refractivity contribution in [3.8, 4) is 0 Å². The Morgan fingerprint density at radius 2 is 1.84 bits per heavy atom. The van der Waals surface area contributed by atoms with E-state index >= 15 is 0 Å². The van der Waals surface area contributed by atoms with Gasteiger partial charge in [-0.25, -0.2) is 4.39 Å². The Hall–Kier alpha value is -0.920. The lowest BCUT2D eigenvalue weighted by Crippen LogP contribution is -2.10. The van der Waals surface area contributed by atoms with Crippen molar-refractivity contribution in [1.82, 2.24) is 0 Å². The number of aliphatic hydroxyl groups is 1. The maximum atomic E-state index is 13.1. The predicted molar refractivity (Wildman–Crippen MR) is 67.5 cm³/mol. The van der Waals surface area contributed by atoms with Crippen molar-refractivity contribution < 1.29 is 22.7 Å². The van der Waals surface area contributed by atoms with Crippen LogP contribution < -0.4 is 0 Å². The summed E-state index contributed by atoms with van der Waals surface area (Å²) in [6.45, 7) is 0. The van der Waals surface area contributed by atoms with Crippen LogP contribution in [0.3, 0.4) is 0 Å². The normalized spacial score (nSPS) is 13.6. The van der Waals surface area contributed by atoms with Crippen LogP contribution in [-0.4, -0.2) is 5.11 Å². The lowest BCUT2D eigenvalue weighted by atomic mass is 10.0. The van der Waals surface area contributed by atoms with Crippen LogP contribution in [0.5, 0.6) is 0 Å². The van der Waals surface area contributed by atoms with Gasteiger partial charge in [0.25, 0.3) is 0 Å². The topological polar surface area (TPSA) is 20.2 Å². The summed E-state index contributed by atoms with van der Waals surface area (Å²) in [6.07, 6.45) is -6.00. The molecular formula is C12H7BrF4OS. The molecule has 0 fully saturated rings. The zero-order chi connectivity index (χ0) is 14.2. The van der Waals surface area contributed by atoms with Crippen LogP contribution in [0.1, 0.15) is 22.8 Å². The highest BCUT2D eigenvalue weighted by atomic mass is 79.9. The number of hydrogen-bond donors (Lipinski definition) is 1. The van der Waals surface area contributed by atoms with Crippen LogP contribution in [0, 0.1) is 5.82 Å². The van der Waals surface area contributed by atoms with Gasteiger partial charge in [0, 0.05) is 0 Å². The molecule has 0 aliphatic rings. The molecule has 2 aromatic rings. The Kier molecular flexibility index (Phi) is 3.98. The zero-order valence-corrected chi connectivity index (χ0v) is 11.6. The molecule has 1 N–H and O–H groups in total. The van der Waals surface area contributed by atoms with Crippen LogP contribution in [0.15, 0.2) is 33.4 Å². The van der Waals surface area contributed by atoms with Crippen molar-refractivity contribution in [3.05, 3.63) is 55.9 Å². The van der Waals surface area contributed by atoms with E-state index in [1.807, 2.05) is 0 Å². The molecule has 0 saturated carbocycles. The summed E-state index contributed by atoms with van der Waals surface area (Å²) in [5, 5.41) is 11.6. The summed E-state index contributed by atoms with van der Waals surface area (Å²) in [5.74, 6) is -1.35. The minimum absolute atomic E-state index is 0.000903. The highest BCUT2D eigenvalue weighted by Gasteiger charge is 2.34. The smallest absolute Gasteiger partial charge is 0.384 e. The van der Waals surface area contributed by atoms with Crippen LogP contribution >= 0.6 is 27.3 Å². The summed E-state index contributed by atoms with van der Waals surface area (Å²) in [5.41, 5.74) is -0.922. The minimum atomic E-state index is -4.78. The molecule has 0 amide bonds. The Morgan fingerprint density at radius 1 is 1.16 bits per heavy atom. The predicted octanol–water partition coefficient (Wildman–Crippen LogP) is 4.75. The third-order valence-corrected chi connectivity index (χ3v) is 4.04. The monoisotopic (exact) mass is 354 g/mol. The molecule has 0 aliphatic heterocycles. The first-order valence-electron chi connectivity index (χ1n) is 5.07. The van der Waals surface area contributed by atoms with Crippen molar-refractivity contribution in [2.24, 2.45) is 0 Å². The van der Waals surface area contributed by atoms with Crippen molar-refractivity contribution in [2.45, 2.75) is 12.3 Å². The fraction of sp³-hybridized carbons (Fsp3) is 0.167. The van der Waals surface area contributed by atoms with E-state index in [1.54, 1.807) is 11.4 Å². The molecule has 0 radical (unpaired) electrons. The molecule has 1 atom stereocenters. The average molecular weight is 355 g/mol. The van der Waals surface area contributed by atoms with Gasteiger partial charge in [-0.2, -0.15) is 13.2 Å². The molecule has 0 spiro atoms. The van der Waals surface area contributed by atoms with Gasteiger partial charge < -0.3 is 5.11 Å². The van der Waals surface area contributed by atoms with Gasteiger partial charge in [0.15, 0.2) is 0 Å². The van der Waals surface area contributed by atoms with Crippen molar-refractivity contribution >= 4 is 27.3 Å². The number of hydrogen-bond acceptors (Lipinski definition) is 2. The van der Waals surface area contributed by atoms with E-state index in [-0.39, 0.29) is 5.56 Å². The summed E-state index contributed by atoms with van der Waals surface area (Å²) in [4.78, 5) is 0. The summed E-state index contributed by atoms with van der Waals surface area (Å²) >= 11 is 4.50. The first kappa shape index (κ1) is 14.5. The summed E-state index contributed by atoms with van der Waals surface area (Å²) < 4.78 is 51.6. The lowest BCUT2D eigenvalue weighted by molar-refractivity contribution is -0.140. The molecule has 102 valence electrons. The van der Waals surface area contributed by atoms with E-state index < -0.39 is 23.7 Å². The fourth-order valence-corrected chi connectivity index (χ4v) is 2.78. The highest BCUT2D eigenvalue weighted by molar-refractivity contribution is 9.11. The molecule has 1 aromatic carbocycles. The van der Waals surface area contributed by atoms with Crippen LogP contribution in [0.25, 0.3) is 0 Å². The fourth-order valence-electron chi connectivity index (χ4n) is 1.59. The molecule has 0 saturated heterocycles. The molecule has 0 bridgehead atoms. The second-order valence-corrected chi connectivity index (χ2v) is 6.11. The third kappa shape index (κ3) is 3.16. The first-order valence-corrected chi connectivity index (χ1v) is 6.75. The number of rotatable bonds is 2. The van der Waals surface area contributed by atoms with Crippen molar-refractivity contribution in [1.29, 1.82) is 0 Å². The Morgan fingerprint density at radius 3 is 2.37 bits per heavy atom. The van der Waals surface area contributed by atoms with Crippen LogP contribution in [0.2, 0.25) is 0 Å². The number of thiophene rings is 1. The van der Waals surface area contributed by atoms with Gasteiger partial charge in [0.05, 0.1) is 9.35 Å². The molecule has 2 rings (SSSR count). The largest absolute Gasteiger partial charge is 0.419 e. The minimum Gasteiger partial charge on any atom is -0.384 e. The molecule has 1 nitrogen and oxygen atoms in total. The van der Waals surface area contributed by atoms with Crippen molar-refractivity contribution in [3.63, 3.8) is 0 Å². The van der Waals surface area contributed by atoms with Gasteiger partial charge in [-0.05, 0) is 50.6 Å². The maximum Gasteiger partial charge on any atom is 0.419 e. The zero-order valence-electron chi connectivity index (χ0n) is 9.21. The van der Waals surface area contributed by atoms with Gasteiger partial charge >= 0.3 is 6.18 Å². The number of benzene rings is 1. The van der Waals surface area contributed by atoms with Gasteiger partial charge in [0.2, 0.25) is 0 Å². The van der Waals surface area contributed by atoms with E-state index in [9.17, 15) is 22.7 Å². The van der Waals surface area contributed by atoms with E-state index in [1.165, 1.54) is 11.3 Å². The molecule has 1 heterocycles. The molecule has 1 unspecified atom stereocenters. The van der Waals surface area contributed by atoms with Gasteiger partial charge in [-0.3, -0.25) is 0 Å². The van der Waals surface area contributed by atoms with Crippen molar-refractivity contribution in [2.75, 3.05) is 0 Å². The molecule has 7 heteroatoms. The Bertz CT molecular complexity index is 594. The summed E-state index contributed by atoms with van der Waals surface area (Å²) in [6, 6.07) is 4.08. The average Bonchev–Trinajstić information content (AvgIpc) is 2.74. The SMILES string of the molecule is OC(c1csc(Br)c1)c1ccc(F)c(C(F)(F)F)c1. The molecule has 19 heavy (non-hydrogen) atoms. The highest BCUT2D eigenvalue weighted by Crippen LogP contribution is 2.35. The standard InChI is InChI=1S/C12H7BrF4OS/c13-10-4-7(5-19-10)11(18)6-1-2-9(14)8(3-6)12(15,16)17/h1-5,11,18H. The van der Waals surface area contributed by atoms with Gasteiger partial charge in [0.1, 0.15) is 11.9 Å². The first-order chi connectivity index (χ1) is 8.79.